The molecule has 0 spiro atoms. The van der Waals surface area contributed by atoms with Crippen molar-refractivity contribution in [1.29, 1.82) is 0 Å². The molecule has 2 atom stereocenters. The van der Waals surface area contributed by atoms with Crippen LogP contribution in [0.2, 0.25) is 0 Å². The first-order valence-electron chi connectivity index (χ1n) is 5.08. The van der Waals surface area contributed by atoms with Crippen molar-refractivity contribution in [2.45, 2.75) is 41.0 Å². The fourth-order valence-electron chi connectivity index (χ4n) is 2.25. The van der Waals surface area contributed by atoms with Crippen LogP contribution in [0.4, 0.5) is 0 Å². The lowest BCUT2D eigenvalue weighted by Crippen LogP contribution is -2.48. The molecule has 1 aliphatic heterocycles. The average molecular weight is 169 g/mol. The highest BCUT2D eigenvalue weighted by Crippen LogP contribution is 2.47. The smallest absolute Gasteiger partial charge is 0.00177 e. The van der Waals surface area contributed by atoms with E-state index in [0.717, 1.165) is 5.92 Å². The second-order valence-corrected chi connectivity index (χ2v) is 5.52. The molecule has 1 N–H and O–H groups in total. The summed E-state index contributed by atoms with van der Waals surface area (Å²) in [4.78, 5) is 0. The summed E-state index contributed by atoms with van der Waals surface area (Å²) in [5.41, 5.74) is 0.951. The molecule has 1 rings (SSSR count). The van der Waals surface area contributed by atoms with Crippen molar-refractivity contribution in [3.8, 4) is 0 Å². The van der Waals surface area contributed by atoms with Gasteiger partial charge in [-0.15, -0.1) is 0 Å². The molecule has 2 unspecified atom stereocenters. The largest absolute Gasteiger partial charge is 0.316 e. The Hall–Kier alpha value is -0.0400. The summed E-state index contributed by atoms with van der Waals surface area (Å²) in [5.74, 6) is 0.797. The molecular formula is C11H23N. The van der Waals surface area contributed by atoms with Crippen molar-refractivity contribution in [3.05, 3.63) is 0 Å². The standard InChI is InChI=1S/C11H23N/c1-9-8-12-7-6-11(9,5)10(2,3)4/h9,12H,6-8H2,1-5H3. The Morgan fingerprint density at radius 1 is 1.33 bits per heavy atom. The van der Waals surface area contributed by atoms with E-state index < -0.39 is 0 Å². The minimum Gasteiger partial charge on any atom is -0.316 e. The molecule has 0 aromatic heterocycles. The minimum atomic E-state index is 0.439. The van der Waals surface area contributed by atoms with Crippen LogP contribution >= 0.6 is 0 Å². The highest BCUT2D eigenvalue weighted by atomic mass is 14.9. The third kappa shape index (κ3) is 1.52. The zero-order chi connectivity index (χ0) is 9.41. The average Bonchev–Trinajstić information content (AvgIpc) is 1.93. The van der Waals surface area contributed by atoms with Crippen molar-refractivity contribution in [2.24, 2.45) is 16.7 Å². The van der Waals surface area contributed by atoms with Gasteiger partial charge in [0.1, 0.15) is 0 Å². The van der Waals surface area contributed by atoms with Crippen molar-refractivity contribution >= 4 is 0 Å². The maximum Gasteiger partial charge on any atom is -0.00177 e. The monoisotopic (exact) mass is 169 g/mol. The Morgan fingerprint density at radius 3 is 2.25 bits per heavy atom. The Labute approximate surface area is 76.9 Å². The zero-order valence-corrected chi connectivity index (χ0v) is 9.20. The molecule has 0 aromatic carbocycles. The van der Waals surface area contributed by atoms with Crippen molar-refractivity contribution < 1.29 is 0 Å². The van der Waals surface area contributed by atoms with Gasteiger partial charge in [0.15, 0.2) is 0 Å². The molecule has 0 saturated carbocycles. The predicted molar refractivity (Wildman–Crippen MR) is 54.2 cm³/mol. The van der Waals surface area contributed by atoms with Crippen LogP contribution in [0.5, 0.6) is 0 Å². The van der Waals surface area contributed by atoms with Gasteiger partial charge in [-0.3, -0.25) is 0 Å². The van der Waals surface area contributed by atoms with Gasteiger partial charge in [-0.05, 0) is 36.3 Å². The van der Waals surface area contributed by atoms with Crippen LogP contribution in [0.15, 0.2) is 0 Å². The Bertz CT molecular complexity index is 157. The molecular weight excluding hydrogens is 146 g/mol. The van der Waals surface area contributed by atoms with Crippen LogP contribution in [0.1, 0.15) is 41.0 Å². The van der Waals surface area contributed by atoms with Crippen molar-refractivity contribution in [2.75, 3.05) is 13.1 Å². The van der Waals surface area contributed by atoms with E-state index in [1.807, 2.05) is 0 Å². The second kappa shape index (κ2) is 3.02. The summed E-state index contributed by atoms with van der Waals surface area (Å²) in [6.07, 6.45) is 1.32. The first-order chi connectivity index (χ1) is 5.38. The molecule has 1 saturated heterocycles. The van der Waals surface area contributed by atoms with E-state index in [1.54, 1.807) is 0 Å². The molecule has 0 aromatic rings. The molecule has 1 heteroatoms. The van der Waals surface area contributed by atoms with Crippen LogP contribution < -0.4 is 5.32 Å². The van der Waals surface area contributed by atoms with Crippen LogP contribution in [0.3, 0.4) is 0 Å². The lowest BCUT2D eigenvalue weighted by Gasteiger charge is -2.49. The maximum atomic E-state index is 3.46. The summed E-state index contributed by atoms with van der Waals surface area (Å²) in [6, 6.07) is 0. The van der Waals surface area contributed by atoms with Gasteiger partial charge < -0.3 is 5.32 Å². The Balaban J connectivity index is 2.79. The highest BCUT2D eigenvalue weighted by Gasteiger charge is 2.42. The lowest BCUT2D eigenvalue weighted by molar-refractivity contribution is 0.0146. The molecule has 0 amide bonds. The van der Waals surface area contributed by atoms with E-state index in [-0.39, 0.29) is 0 Å². The summed E-state index contributed by atoms with van der Waals surface area (Å²) < 4.78 is 0. The van der Waals surface area contributed by atoms with Crippen molar-refractivity contribution in [1.82, 2.24) is 5.32 Å². The second-order valence-electron chi connectivity index (χ2n) is 5.52. The third-order valence-corrected chi connectivity index (χ3v) is 4.07. The van der Waals surface area contributed by atoms with Crippen LogP contribution in [-0.2, 0) is 0 Å². The number of hydrogen-bond acceptors (Lipinski definition) is 1. The quantitative estimate of drug-likeness (QED) is 0.588. The van der Waals surface area contributed by atoms with E-state index in [4.69, 9.17) is 0 Å². The molecule has 1 heterocycles. The molecule has 1 fully saturated rings. The molecule has 72 valence electrons. The Kier molecular flexibility index (Phi) is 2.53. The van der Waals surface area contributed by atoms with E-state index in [9.17, 15) is 0 Å². The highest BCUT2D eigenvalue weighted by molar-refractivity contribution is 4.94. The van der Waals surface area contributed by atoms with Gasteiger partial charge in [0.25, 0.3) is 0 Å². The number of piperidine rings is 1. The van der Waals surface area contributed by atoms with Crippen LogP contribution in [-0.4, -0.2) is 13.1 Å². The van der Waals surface area contributed by atoms with E-state index in [2.05, 4.69) is 39.9 Å². The first kappa shape index (κ1) is 10.0. The number of hydrogen-bond donors (Lipinski definition) is 1. The molecule has 0 aliphatic carbocycles. The van der Waals surface area contributed by atoms with E-state index in [1.165, 1.54) is 19.5 Å². The summed E-state index contributed by atoms with van der Waals surface area (Å²) in [7, 11) is 0. The van der Waals surface area contributed by atoms with E-state index in [0.29, 0.717) is 10.8 Å². The van der Waals surface area contributed by atoms with E-state index >= 15 is 0 Å². The Morgan fingerprint density at radius 2 is 1.92 bits per heavy atom. The predicted octanol–water partition coefficient (Wildman–Crippen LogP) is 2.67. The van der Waals surface area contributed by atoms with Gasteiger partial charge in [0.05, 0.1) is 0 Å². The van der Waals surface area contributed by atoms with Gasteiger partial charge in [0.2, 0.25) is 0 Å². The number of rotatable bonds is 0. The SMILES string of the molecule is CC1CNCCC1(C)C(C)(C)C. The summed E-state index contributed by atoms with van der Waals surface area (Å²) in [6.45, 7) is 14.3. The van der Waals surface area contributed by atoms with Gasteiger partial charge in [0, 0.05) is 0 Å². The van der Waals surface area contributed by atoms with Crippen LogP contribution in [0, 0.1) is 16.7 Å². The summed E-state index contributed by atoms with van der Waals surface area (Å²) >= 11 is 0. The molecule has 0 radical (unpaired) electrons. The fourth-order valence-corrected chi connectivity index (χ4v) is 2.25. The third-order valence-electron chi connectivity index (χ3n) is 4.07. The molecule has 12 heavy (non-hydrogen) atoms. The van der Waals surface area contributed by atoms with Crippen LogP contribution in [0.25, 0.3) is 0 Å². The normalized spacial score (nSPS) is 38.2. The molecule has 0 bridgehead atoms. The first-order valence-corrected chi connectivity index (χ1v) is 5.08. The maximum absolute atomic E-state index is 3.46. The van der Waals surface area contributed by atoms with Crippen molar-refractivity contribution in [3.63, 3.8) is 0 Å². The lowest BCUT2D eigenvalue weighted by atomic mass is 9.58. The zero-order valence-electron chi connectivity index (χ0n) is 9.20. The topological polar surface area (TPSA) is 12.0 Å². The fraction of sp³-hybridized carbons (Fsp3) is 1.00. The molecule has 1 nitrogen and oxygen atoms in total. The van der Waals surface area contributed by atoms with Gasteiger partial charge in [-0.2, -0.15) is 0 Å². The van der Waals surface area contributed by atoms with Gasteiger partial charge in [-0.25, -0.2) is 0 Å². The minimum absolute atomic E-state index is 0.439. The van der Waals surface area contributed by atoms with Gasteiger partial charge >= 0.3 is 0 Å². The van der Waals surface area contributed by atoms with Gasteiger partial charge in [-0.1, -0.05) is 34.6 Å². The molecule has 1 aliphatic rings. The summed E-state index contributed by atoms with van der Waals surface area (Å²) in [5, 5.41) is 3.46. The number of nitrogens with one attached hydrogen (secondary N) is 1.